The van der Waals surface area contributed by atoms with Gasteiger partial charge < -0.3 is 0 Å². The summed E-state index contributed by atoms with van der Waals surface area (Å²) in [6.45, 7) is 0. The lowest BCUT2D eigenvalue weighted by Gasteiger charge is -1.70. The van der Waals surface area contributed by atoms with E-state index in [1.165, 1.54) is 0 Å². The van der Waals surface area contributed by atoms with Crippen LogP contribution in [0.1, 0.15) is 0 Å². The van der Waals surface area contributed by atoms with Crippen molar-refractivity contribution in [3.8, 4) is 0 Å². The van der Waals surface area contributed by atoms with E-state index in [0.717, 1.165) is 0 Å². The van der Waals surface area contributed by atoms with Crippen molar-refractivity contribution in [2.24, 2.45) is 0 Å². The molecule has 2 nitrogen and oxygen atoms in total. The van der Waals surface area contributed by atoms with Crippen molar-refractivity contribution in [3.63, 3.8) is 0 Å². The maximum absolute atomic E-state index is 8.26. The Morgan fingerprint density at radius 2 is 1.50 bits per heavy atom. The minimum absolute atomic E-state index is 0.191. The van der Waals surface area contributed by atoms with Crippen LogP contribution in [0.15, 0.2) is 0 Å². The molecule has 0 aliphatic rings. The molecule has 38 valence electrons. The Kier molecular flexibility index (Phi) is 2.95. The van der Waals surface area contributed by atoms with Crippen molar-refractivity contribution >= 4 is 17.2 Å². The van der Waals surface area contributed by atoms with Crippen LogP contribution < -0.4 is 0 Å². The van der Waals surface area contributed by atoms with E-state index in [2.05, 4.69) is 0 Å². The topological polar surface area (TPSA) is 40.5 Å². The fourth-order valence-electron chi connectivity index (χ4n) is 0. The minimum Gasteiger partial charge on any atom is -0.162 e. The number of hydrogen-bond donors (Lipinski definition) is 2. The van der Waals surface area contributed by atoms with Crippen molar-refractivity contribution in [3.05, 3.63) is 0 Å². The normalized spacial score (nSPS) is 9.50. The van der Waals surface area contributed by atoms with Gasteiger partial charge in [-0.15, -0.1) is 0 Å². The van der Waals surface area contributed by atoms with E-state index >= 15 is 0 Å². The fraction of sp³-hybridized carbons (Fsp3) is 1.00. The highest BCUT2D eigenvalue weighted by Crippen LogP contribution is 2.10. The third-order valence-corrected chi connectivity index (χ3v) is 2.94. The second-order valence-corrected chi connectivity index (χ2v) is 6.25. The SMILES string of the molecule is CS(C)=[P+](O)O. The first kappa shape index (κ1) is 6.57. The molecule has 4 heteroatoms. The quantitative estimate of drug-likeness (QED) is 0.452. The summed E-state index contributed by atoms with van der Waals surface area (Å²) >= 11 is 0. The molecule has 0 aromatic carbocycles. The summed E-state index contributed by atoms with van der Waals surface area (Å²) < 4.78 is 0. The average molecular weight is 127 g/mol. The lowest BCUT2D eigenvalue weighted by atomic mass is 11.9. The molecule has 0 spiro atoms. The van der Waals surface area contributed by atoms with Gasteiger partial charge in [0.05, 0.1) is 0 Å². The van der Waals surface area contributed by atoms with E-state index < -0.39 is 7.15 Å². The molecule has 0 bridgehead atoms. The highest BCUT2D eigenvalue weighted by atomic mass is 32.5. The predicted molar refractivity (Wildman–Crippen MR) is 30.6 cm³/mol. The average Bonchev–Trinajstić information content (AvgIpc) is 1.36. The van der Waals surface area contributed by atoms with Crippen LogP contribution in [0.5, 0.6) is 0 Å². The first-order valence-corrected chi connectivity index (χ1v) is 5.29. The van der Waals surface area contributed by atoms with Crippen LogP contribution in [0.4, 0.5) is 0 Å². The van der Waals surface area contributed by atoms with E-state index in [0.29, 0.717) is 0 Å². The fourth-order valence-corrected chi connectivity index (χ4v) is 0. The second kappa shape index (κ2) is 2.69. The van der Waals surface area contributed by atoms with Gasteiger partial charge >= 0.3 is 7.15 Å². The maximum Gasteiger partial charge on any atom is 0.457 e. The Morgan fingerprint density at radius 1 is 1.33 bits per heavy atom. The zero-order chi connectivity index (χ0) is 5.15. The Morgan fingerprint density at radius 3 is 1.50 bits per heavy atom. The first-order chi connectivity index (χ1) is 2.64. The van der Waals surface area contributed by atoms with Crippen LogP contribution in [0.25, 0.3) is 0 Å². The van der Waals surface area contributed by atoms with Gasteiger partial charge in [0.2, 0.25) is 0 Å². The van der Waals surface area contributed by atoms with Crippen LogP contribution in [0.3, 0.4) is 0 Å². The largest absolute Gasteiger partial charge is 0.457 e. The highest BCUT2D eigenvalue weighted by molar-refractivity contribution is 8.22. The highest BCUT2D eigenvalue weighted by Gasteiger charge is 1.96. The third-order valence-electron chi connectivity index (χ3n) is 0.327. The molecule has 0 rings (SSSR count). The Bertz CT molecular complexity index is 61.6. The van der Waals surface area contributed by atoms with Crippen molar-refractivity contribution in [2.45, 2.75) is 0 Å². The van der Waals surface area contributed by atoms with Gasteiger partial charge in [-0.2, -0.15) is 9.79 Å². The van der Waals surface area contributed by atoms with Crippen molar-refractivity contribution in [2.75, 3.05) is 12.5 Å². The predicted octanol–water partition coefficient (Wildman–Crippen LogP) is 0.0758. The monoisotopic (exact) mass is 127 g/mol. The Balaban J connectivity index is 3.68. The van der Waals surface area contributed by atoms with Crippen molar-refractivity contribution < 1.29 is 9.79 Å². The summed E-state index contributed by atoms with van der Waals surface area (Å²) in [6.07, 6.45) is 3.59. The van der Waals surface area contributed by atoms with Crippen LogP contribution in [-0.4, -0.2) is 22.3 Å². The smallest absolute Gasteiger partial charge is 0.162 e. The molecule has 0 aromatic rings. The summed E-state index contributed by atoms with van der Waals surface area (Å²) in [7, 11) is -1.82. The van der Waals surface area contributed by atoms with Gasteiger partial charge in [0, 0.05) is 22.6 Å². The molecule has 0 atom stereocenters. The molecule has 2 N–H and O–H groups in total. The van der Waals surface area contributed by atoms with Crippen LogP contribution in [-0.2, 0) is 10.1 Å². The van der Waals surface area contributed by atoms with E-state index in [9.17, 15) is 0 Å². The zero-order valence-corrected chi connectivity index (χ0v) is 5.46. The Labute approximate surface area is 40.3 Å². The molecule has 0 unspecified atom stereocenters. The molecule has 0 radical (unpaired) electrons. The lowest BCUT2D eigenvalue weighted by Crippen LogP contribution is -1.73. The van der Waals surface area contributed by atoms with E-state index in [4.69, 9.17) is 9.79 Å². The van der Waals surface area contributed by atoms with Gasteiger partial charge in [0.1, 0.15) is 0 Å². The molecular formula is C2H8O2PS+. The van der Waals surface area contributed by atoms with Crippen LogP contribution in [0, 0.1) is 0 Å². The summed E-state index contributed by atoms with van der Waals surface area (Å²) in [5.41, 5.74) is 0. The molecule has 0 fully saturated rings. The molecule has 0 saturated carbocycles. The summed E-state index contributed by atoms with van der Waals surface area (Å²) in [5.74, 6) is 0. The van der Waals surface area contributed by atoms with Crippen LogP contribution in [0.2, 0.25) is 0 Å². The minimum atomic E-state index is -1.63. The number of hydrogen-bond acceptors (Lipinski definition) is 0. The van der Waals surface area contributed by atoms with E-state index in [1.54, 1.807) is 12.5 Å². The molecule has 0 aromatic heterocycles. The molecule has 0 saturated heterocycles. The molecule has 0 aliphatic heterocycles. The van der Waals surface area contributed by atoms with Gasteiger partial charge in [-0.1, -0.05) is 0 Å². The van der Waals surface area contributed by atoms with Crippen molar-refractivity contribution in [1.29, 1.82) is 0 Å². The second-order valence-electron chi connectivity index (χ2n) is 1.03. The van der Waals surface area contributed by atoms with Gasteiger partial charge in [0.25, 0.3) is 0 Å². The summed E-state index contributed by atoms with van der Waals surface area (Å²) in [6, 6.07) is 0. The number of rotatable bonds is 0. The zero-order valence-electron chi connectivity index (χ0n) is 3.75. The summed E-state index contributed by atoms with van der Waals surface area (Å²) in [4.78, 5) is 16.5. The first-order valence-electron chi connectivity index (χ1n) is 1.40. The lowest BCUT2D eigenvalue weighted by molar-refractivity contribution is 0.509. The molecule has 6 heavy (non-hydrogen) atoms. The molecule has 0 heterocycles. The molecule has 0 amide bonds. The van der Waals surface area contributed by atoms with Crippen LogP contribution >= 0.6 is 7.15 Å². The van der Waals surface area contributed by atoms with Gasteiger partial charge in [-0.05, 0) is 0 Å². The standard InChI is InChI=1S/C2H8O2PS/c1-6(2)5(3)4/h3-4H,1-2H3/q+1. The molecule has 0 aliphatic carbocycles. The molecular weight excluding hydrogens is 119 g/mol. The van der Waals surface area contributed by atoms with E-state index in [-0.39, 0.29) is 10.1 Å². The van der Waals surface area contributed by atoms with Gasteiger partial charge in [0.15, 0.2) is 0 Å². The van der Waals surface area contributed by atoms with Gasteiger partial charge in [-0.25, -0.2) is 0 Å². The summed E-state index contributed by atoms with van der Waals surface area (Å²) in [5, 5.41) is 0. The third kappa shape index (κ3) is 2.79. The van der Waals surface area contributed by atoms with E-state index in [1.807, 2.05) is 0 Å². The Hall–Kier alpha value is 0.570. The maximum atomic E-state index is 8.26. The van der Waals surface area contributed by atoms with Gasteiger partial charge in [-0.3, -0.25) is 0 Å². The van der Waals surface area contributed by atoms with Crippen molar-refractivity contribution in [1.82, 2.24) is 0 Å².